The summed E-state index contributed by atoms with van der Waals surface area (Å²) in [6.07, 6.45) is 46.1. The Hall–Kier alpha value is -2.10. The van der Waals surface area contributed by atoms with Gasteiger partial charge < -0.3 is 9.84 Å². The number of carbonyl (C=O) groups is 2. The number of unbranched alkanes of at least 4 members (excludes halogenated alkanes) is 15. The molecule has 1 atom stereocenters. The lowest BCUT2D eigenvalue weighted by Crippen LogP contribution is -2.18. The third kappa shape index (κ3) is 34.3. The van der Waals surface area contributed by atoms with E-state index >= 15 is 0 Å². The Bertz CT molecular complexity index is 734. The smallest absolute Gasteiger partial charge is 0.306 e. The van der Waals surface area contributed by atoms with Crippen molar-refractivity contribution in [2.75, 3.05) is 0 Å². The first kappa shape index (κ1) is 40.9. The van der Waals surface area contributed by atoms with Gasteiger partial charge in [0.1, 0.15) is 6.10 Å². The second kappa shape index (κ2) is 34.4. The summed E-state index contributed by atoms with van der Waals surface area (Å²) in [7, 11) is 0. The molecule has 0 aromatic carbocycles. The normalized spacial score (nSPS) is 12.8. The Morgan fingerprint density at radius 3 is 1.47 bits per heavy atom. The molecular formula is C39H68O4. The van der Waals surface area contributed by atoms with Crippen LogP contribution in [-0.2, 0) is 14.3 Å². The highest BCUT2D eigenvalue weighted by Gasteiger charge is 2.13. The van der Waals surface area contributed by atoms with Crippen LogP contribution in [-0.4, -0.2) is 23.1 Å². The Kier molecular flexibility index (Phi) is 32.7. The van der Waals surface area contributed by atoms with Gasteiger partial charge in [-0.05, 0) is 77.0 Å². The van der Waals surface area contributed by atoms with E-state index in [2.05, 4.69) is 62.5 Å². The quantitative estimate of drug-likeness (QED) is 0.0474. The zero-order chi connectivity index (χ0) is 31.5. The van der Waals surface area contributed by atoms with Gasteiger partial charge in [0.15, 0.2) is 0 Å². The van der Waals surface area contributed by atoms with Crippen molar-refractivity contribution in [3.05, 3.63) is 48.6 Å². The lowest BCUT2D eigenvalue weighted by Gasteiger charge is -2.17. The summed E-state index contributed by atoms with van der Waals surface area (Å²) < 4.78 is 5.82. The van der Waals surface area contributed by atoms with E-state index in [0.29, 0.717) is 12.8 Å². The highest BCUT2D eigenvalue weighted by molar-refractivity contribution is 5.69. The van der Waals surface area contributed by atoms with Crippen LogP contribution in [0.5, 0.6) is 0 Å². The highest BCUT2D eigenvalue weighted by Crippen LogP contribution is 2.17. The highest BCUT2D eigenvalue weighted by atomic mass is 16.5. The van der Waals surface area contributed by atoms with Gasteiger partial charge in [-0.2, -0.15) is 0 Å². The molecule has 4 heteroatoms. The zero-order valence-electron chi connectivity index (χ0n) is 28.3. The first-order valence-corrected chi connectivity index (χ1v) is 18.1. The minimum absolute atomic E-state index is 0.0130. The number of ether oxygens (including phenoxy) is 1. The van der Waals surface area contributed by atoms with Crippen molar-refractivity contribution in [1.29, 1.82) is 0 Å². The summed E-state index contributed by atoms with van der Waals surface area (Å²) in [6.45, 7) is 4.41. The van der Waals surface area contributed by atoms with Crippen LogP contribution in [0.1, 0.15) is 181 Å². The molecule has 0 heterocycles. The molecule has 0 aromatic rings. The van der Waals surface area contributed by atoms with Crippen molar-refractivity contribution >= 4 is 11.9 Å². The van der Waals surface area contributed by atoms with Crippen LogP contribution in [0.4, 0.5) is 0 Å². The van der Waals surface area contributed by atoms with E-state index in [4.69, 9.17) is 9.84 Å². The fraction of sp³-hybridized carbons (Fsp3) is 0.744. The number of carboxylic acid groups (broad SMARTS) is 1. The van der Waals surface area contributed by atoms with E-state index in [1.165, 1.54) is 70.6 Å². The van der Waals surface area contributed by atoms with Crippen LogP contribution in [0.15, 0.2) is 48.6 Å². The van der Waals surface area contributed by atoms with Crippen molar-refractivity contribution in [2.24, 2.45) is 0 Å². The van der Waals surface area contributed by atoms with E-state index in [1.54, 1.807) is 0 Å². The summed E-state index contributed by atoms with van der Waals surface area (Å²) >= 11 is 0. The average Bonchev–Trinajstić information content (AvgIpc) is 2.98. The van der Waals surface area contributed by atoms with Gasteiger partial charge in [-0.3, -0.25) is 9.59 Å². The van der Waals surface area contributed by atoms with Crippen LogP contribution >= 0.6 is 0 Å². The maximum Gasteiger partial charge on any atom is 0.306 e. The minimum atomic E-state index is -0.688. The van der Waals surface area contributed by atoms with E-state index in [0.717, 1.165) is 83.5 Å². The molecule has 0 fully saturated rings. The molecule has 1 N–H and O–H groups in total. The average molecular weight is 601 g/mol. The second-order valence-corrected chi connectivity index (χ2v) is 12.1. The fourth-order valence-electron chi connectivity index (χ4n) is 5.16. The Labute approximate surface area is 266 Å². The van der Waals surface area contributed by atoms with Crippen molar-refractivity contribution in [1.82, 2.24) is 0 Å². The monoisotopic (exact) mass is 601 g/mol. The molecule has 0 aliphatic carbocycles. The van der Waals surface area contributed by atoms with E-state index in [1.807, 2.05) is 0 Å². The molecule has 0 amide bonds. The molecule has 0 aliphatic heterocycles. The molecule has 43 heavy (non-hydrogen) atoms. The molecule has 4 nitrogen and oxygen atoms in total. The van der Waals surface area contributed by atoms with Crippen LogP contribution in [0, 0.1) is 0 Å². The number of carbonyl (C=O) groups excluding carboxylic acids is 1. The third-order valence-corrected chi connectivity index (χ3v) is 7.78. The fourth-order valence-corrected chi connectivity index (χ4v) is 5.16. The van der Waals surface area contributed by atoms with Gasteiger partial charge >= 0.3 is 11.9 Å². The molecular weight excluding hydrogens is 532 g/mol. The van der Waals surface area contributed by atoms with Crippen LogP contribution in [0.25, 0.3) is 0 Å². The first-order valence-electron chi connectivity index (χ1n) is 18.1. The summed E-state index contributed by atoms with van der Waals surface area (Å²) in [5, 5.41) is 8.67. The summed E-state index contributed by atoms with van der Waals surface area (Å²) in [6, 6.07) is 0. The molecule has 0 saturated heterocycles. The number of allylic oxidation sites excluding steroid dienone is 8. The third-order valence-electron chi connectivity index (χ3n) is 7.78. The standard InChI is InChI=1S/C39H68O4/c1-3-5-6-7-8-9-10-11-12-13-14-15-16-17-18-19-20-21-26-29-32-36-39(42)43-37(33-4-2)34-30-27-24-22-23-25-28-31-35-38(40)41/h8-9,11-12,14-15,17-18,37H,3-7,10,13,16,19-36H2,1-2H3,(H,40,41)/b9-8-,12-11-,15-14-,18-17-. The summed E-state index contributed by atoms with van der Waals surface area (Å²) in [4.78, 5) is 22.9. The van der Waals surface area contributed by atoms with Crippen molar-refractivity contribution in [3.63, 3.8) is 0 Å². The number of hydrogen-bond donors (Lipinski definition) is 1. The Morgan fingerprint density at radius 1 is 0.512 bits per heavy atom. The molecule has 248 valence electrons. The van der Waals surface area contributed by atoms with Crippen molar-refractivity contribution in [3.8, 4) is 0 Å². The number of esters is 1. The van der Waals surface area contributed by atoms with Crippen LogP contribution in [0.2, 0.25) is 0 Å². The predicted octanol–water partition coefficient (Wildman–Crippen LogP) is 12.4. The van der Waals surface area contributed by atoms with Crippen LogP contribution < -0.4 is 0 Å². The van der Waals surface area contributed by atoms with Crippen LogP contribution in [0.3, 0.4) is 0 Å². The summed E-state index contributed by atoms with van der Waals surface area (Å²) in [5.74, 6) is -0.701. The molecule has 0 saturated carbocycles. The first-order chi connectivity index (χ1) is 21.1. The number of rotatable bonds is 32. The lowest BCUT2D eigenvalue weighted by molar-refractivity contribution is -0.150. The molecule has 0 rings (SSSR count). The van der Waals surface area contributed by atoms with Crippen molar-refractivity contribution in [2.45, 2.75) is 187 Å². The van der Waals surface area contributed by atoms with Gasteiger partial charge in [0, 0.05) is 12.8 Å². The second-order valence-electron chi connectivity index (χ2n) is 12.1. The lowest BCUT2D eigenvalue weighted by atomic mass is 10.0. The molecule has 0 radical (unpaired) electrons. The SMILES string of the molecule is CCCCC/C=C\C/C=C\C/C=C\C/C=C\CCCCCCCC(=O)OC(CCC)CCCCCCCCCCC(=O)O. The molecule has 0 spiro atoms. The van der Waals surface area contributed by atoms with Gasteiger partial charge in [-0.15, -0.1) is 0 Å². The Balaban J connectivity index is 3.64. The number of hydrogen-bond acceptors (Lipinski definition) is 3. The largest absolute Gasteiger partial charge is 0.481 e. The van der Waals surface area contributed by atoms with E-state index < -0.39 is 5.97 Å². The predicted molar refractivity (Wildman–Crippen MR) is 185 cm³/mol. The topological polar surface area (TPSA) is 63.6 Å². The van der Waals surface area contributed by atoms with E-state index in [9.17, 15) is 9.59 Å². The maximum atomic E-state index is 12.4. The van der Waals surface area contributed by atoms with Gasteiger partial charge in [-0.1, -0.05) is 140 Å². The maximum absolute atomic E-state index is 12.4. The number of aliphatic carboxylic acids is 1. The van der Waals surface area contributed by atoms with Gasteiger partial charge in [-0.25, -0.2) is 0 Å². The molecule has 0 aromatic heterocycles. The Morgan fingerprint density at radius 2 is 0.953 bits per heavy atom. The van der Waals surface area contributed by atoms with Gasteiger partial charge in [0.25, 0.3) is 0 Å². The summed E-state index contributed by atoms with van der Waals surface area (Å²) in [5.41, 5.74) is 0. The van der Waals surface area contributed by atoms with Gasteiger partial charge in [0.2, 0.25) is 0 Å². The number of carboxylic acids is 1. The molecule has 0 bridgehead atoms. The van der Waals surface area contributed by atoms with Gasteiger partial charge in [0.05, 0.1) is 0 Å². The minimum Gasteiger partial charge on any atom is -0.481 e. The molecule has 1 unspecified atom stereocenters. The zero-order valence-corrected chi connectivity index (χ0v) is 28.3. The molecule has 0 aliphatic rings. The van der Waals surface area contributed by atoms with Crippen molar-refractivity contribution < 1.29 is 19.4 Å². The van der Waals surface area contributed by atoms with E-state index in [-0.39, 0.29) is 12.1 Å².